The maximum atomic E-state index is 14.1. The van der Waals surface area contributed by atoms with E-state index in [9.17, 15) is 22.8 Å². The summed E-state index contributed by atoms with van der Waals surface area (Å²) in [6.07, 6.45) is -0.0264. The molecule has 160 valence electrons. The number of carbonyl (C=O) groups excluding carboxylic acids is 2. The topological polar surface area (TPSA) is 67.4 Å². The number of hydrogen-bond donors (Lipinski definition) is 2. The molecule has 0 fully saturated rings. The molecule has 5 nitrogen and oxygen atoms in total. The van der Waals surface area contributed by atoms with Crippen molar-refractivity contribution in [1.29, 1.82) is 0 Å². The molecular weight excluding hydrogens is 409 g/mol. The molecule has 0 bridgehead atoms. The van der Waals surface area contributed by atoms with Gasteiger partial charge in [-0.1, -0.05) is 42.5 Å². The third-order valence-corrected chi connectivity index (χ3v) is 4.22. The second-order valence-electron chi connectivity index (χ2n) is 6.66. The Labute approximate surface area is 176 Å². The first-order chi connectivity index (χ1) is 14.9. The van der Waals surface area contributed by atoms with Gasteiger partial charge in [0.15, 0.2) is 0 Å². The maximum absolute atomic E-state index is 14.1. The number of amides is 2. The van der Waals surface area contributed by atoms with Crippen LogP contribution in [0.1, 0.15) is 11.1 Å². The zero-order valence-corrected chi connectivity index (χ0v) is 16.3. The quantitative estimate of drug-likeness (QED) is 0.542. The van der Waals surface area contributed by atoms with Gasteiger partial charge in [-0.15, -0.1) is 0 Å². The molecule has 0 spiro atoms. The zero-order valence-electron chi connectivity index (χ0n) is 16.3. The molecule has 2 amide bonds. The van der Waals surface area contributed by atoms with Crippen molar-refractivity contribution in [3.63, 3.8) is 0 Å². The lowest BCUT2D eigenvalue weighted by atomic mass is 10.1. The molecule has 3 aromatic carbocycles. The smallest absolute Gasteiger partial charge is 0.387 e. The Morgan fingerprint density at radius 3 is 2.23 bits per heavy atom. The Kier molecular flexibility index (Phi) is 7.26. The third kappa shape index (κ3) is 6.88. The van der Waals surface area contributed by atoms with Gasteiger partial charge in [-0.05, 0) is 41.5 Å². The van der Waals surface area contributed by atoms with Crippen LogP contribution in [0.15, 0.2) is 72.8 Å². The molecule has 3 aromatic rings. The van der Waals surface area contributed by atoms with E-state index in [2.05, 4.69) is 15.4 Å². The molecular formula is C23H19F3N2O3. The lowest BCUT2D eigenvalue weighted by Gasteiger charge is -2.11. The van der Waals surface area contributed by atoms with Crippen LogP contribution in [0.25, 0.3) is 0 Å². The van der Waals surface area contributed by atoms with Crippen molar-refractivity contribution in [3.05, 3.63) is 89.7 Å². The van der Waals surface area contributed by atoms with Gasteiger partial charge >= 0.3 is 6.61 Å². The molecule has 0 saturated carbocycles. The van der Waals surface area contributed by atoms with Gasteiger partial charge in [0.2, 0.25) is 11.8 Å². The van der Waals surface area contributed by atoms with E-state index < -0.39 is 24.2 Å². The lowest BCUT2D eigenvalue weighted by molar-refractivity contribution is -0.116. The number of rotatable bonds is 8. The Morgan fingerprint density at radius 2 is 1.48 bits per heavy atom. The monoisotopic (exact) mass is 428 g/mol. The third-order valence-electron chi connectivity index (χ3n) is 4.22. The maximum Gasteiger partial charge on any atom is 0.387 e. The SMILES string of the molecule is O=C(Cc1cccc(OC(F)F)c1)Nc1ccc(F)c(NC(=O)Cc2ccccc2)c1. The minimum Gasteiger partial charge on any atom is -0.435 e. The number of anilines is 2. The Hall–Kier alpha value is -3.81. The molecule has 2 N–H and O–H groups in total. The lowest BCUT2D eigenvalue weighted by Crippen LogP contribution is -2.17. The standard InChI is InChI=1S/C23H19F3N2O3/c24-19-10-9-17(14-20(19)28-22(30)12-15-5-2-1-3-6-15)27-21(29)13-16-7-4-8-18(11-16)31-23(25)26/h1-11,14,23H,12-13H2,(H,27,29)(H,28,30). The van der Waals surface area contributed by atoms with E-state index in [4.69, 9.17) is 0 Å². The van der Waals surface area contributed by atoms with Gasteiger partial charge in [0.05, 0.1) is 18.5 Å². The summed E-state index contributed by atoms with van der Waals surface area (Å²) in [7, 11) is 0. The molecule has 0 unspecified atom stereocenters. The Morgan fingerprint density at radius 1 is 0.806 bits per heavy atom. The van der Waals surface area contributed by atoms with Gasteiger partial charge in [-0.25, -0.2) is 4.39 Å². The highest BCUT2D eigenvalue weighted by Crippen LogP contribution is 2.21. The van der Waals surface area contributed by atoms with Crippen molar-refractivity contribution < 1.29 is 27.5 Å². The average Bonchev–Trinajstić information content (AvgIpc) is 2.71. The second kappa shape index (κ2) is 10.3. The van der Waals surface area contributed by atoms with Gasteiger partial charge in [0.1, 0.15) is 11.6 Å². The minimum atomic E-state index is -2.96. The first-order valence-electron chi connectivity index (χ1n) is 9.36. The number of halogens is 3. The summed E-state index contributed by atoms with van der Waals surface area (Å²) >= 11 is 0. The number of nitrogens with one attached hydrogen (secondary N) is 2. The van der Waals surface area contributed by atoms with Crippen LogP contribution >= 0.6 is 0 Å². The number of alkyl halides is 2. The minimum absolute atomic E-state index is 0.0505. The predicted octanol–water partition coefficient (Wildman–Crippen LogP) is 4.79. The molecule has 0 radical (unpaired) electrons. The molecule has 31 heavy (non-hydrogen) atoms. The van der Waals surface area contributed by atoms with Crippen molar-refractivity contribution in [1.82, 2.24) is 0 Å². The fourth-order valence-corrected chi connectivity index (χ4v) is 2.90. The summed E-state index contributed by atoms with van der Waals surface area (Å²) in [4.78, 5) is 24.5. The molecule has 0 aliphatic rings. The van der Waals surface area contributed by atoms with Crippen LogP contribution in [0, 0.1) is 5.82 Å². The van der Waals surface area contributed by atoms with Crippen LogP contribution in [0.5, 0.6) is 5.75 Å². The highest BCUT2D eigenvalue weighted by Gasteiger charge is 2.12. The zero-order chi connectivity index (χ0) is 22.2. The van der Waals surface area contributed by atoms with Crippen molar-refractivity contribution >= 4 is 23.2 Å². The molecule has 0 saturated heterocycles. The van der Waals surface area contributed by atoms with E-state index in [1.54, 1.807) is 30.3 Å². The molecule has 0 aliphatic carbocycles. The molecule has 3 rings (SSSR count). The van der Waals surface area contributed by atoms with Crippen LogP contribution in [0.3, 0.4) is 0 Å². The normalized spacial score (nSPS) is 10.6. The summed E-state index contributed by atoms with van der Waals surface area (Å²) in [5.41, 5.74) is 1.46. The second-order valence-corrected chi connectivity index (χ2v) is 6.66. The Balaban J connectivity index is 1.62. The first-order valence-corrected chi connectivity index (χ1v) is 9.36. The first kappa shape index (κ1) is 21.9. The van der Waals surface area contributed by atoms with Crippen molar-refractivity contribution in [2.75, 3.05) is 10.6 Å². The number of ether oxygens (including phenoxy) is 1. The molecule has 8 heteroatoms. The predicted molar refractivity (Wildman–Crippen MR) is 111 cm³/mol. The van der Waals surface area contributed by atoms with Gasteiger partial charge in [-0.3, -0.25) is 9.59 Å². The van der Waals surface area contributed by atoms with Crippen molar-refractivity contribution in [3.8, 4) is 5.75 Å². The van der Waals surface area contributed by atoms with Crippen LogP contribution in [0.2, 0.25) is 0 Å². The van der Waals surface area contributed by atoms with Crippen LogP contribution in [-0.4, -0.2) is 18.4 Å². The van der Waals surface area contributed by atoms with E-state index in [1.165, 1.54) is 30.3 Å². The molecule has 0 aliphatic heterocycles. The van der Waals surface area contributed by atoms with E-state index in [0.717, 1.165) is 11.6 Å². The number of hydrogen-bond acceptors (Lipinski definition) is 3. The molecule has 0 aromatic heterocycles. The highest BCUT2D eigenvalue weighted by molar-refractivity contribution is 5.95. The van der Waals surface area contributed by atoms with Gasteiger partial charge in [-0.2, -0.15) is 8.78 Å². The Bertz CT molecular complexity index is 1060. The number of carbonyl (C=O) groups is 2. The van der Waals surface area contributed by atoms with Gasteiger partial charge < -0.3 is 15.4 Å². The van der Waals surface area contributed by atoms with Crippen LogP contribution < -0.4 is 15.4 Å². The van der Waals surface area contributed by atoms with Gasteiger partial charge in [0, 0.05) is 5.69 Å². The number of benzene rings is 3. The van der Waals surface area contributed by atoms with Gasteiger partial charge in [0.25, 0.3) is 0 Å². The van der Waals surface area contributed by atoms with E-state index in [0.29, 0.717) is 5.56 Å². The van der Waals surface area contributed by atoms with E-state index >= 15 is 0 Å². The molecule has 0 atom stereocenters. The summed E-state index contributed by atoms with van der Waals surface area (Å²) in [6, 6.07) is 18.6. The molecule has 0 heterocycles. The fourth-order valence-electron chi connectivity index (χ4n) is 2.90. The van der Waals surface area contributed by atoms with Crippen molar-refractivity contribution in [2.45, 2.75) is 19.5 Å². The van der Waals surface area contributed by atoms with Crippen LogP contribution in [-0.2, 0) is 22.4 Å². The summed E-state index contributed by atoms with van der Waals surface area (Å²) in [5.74, 6) is -1.53. The van der Waals surface area contributed by atoms with E-state index in [1.807, 2.05) is 6.07 Å². The highest BCUT2D eigenvalue weighted by atomic mass is 19.3. The van der Waals surface area contributed by atoms with Crippen LogP contribution in [0.4, 0.5) is 24.5 Å². The summed E-state index contributed by atoms with van der Waals surface area (Å²) < 4.78 is 43.1. The largest absolute Gasteiger partial charge is 0.435 e. The average molecular weight is 428 g/mol. The fraction of sp³-hybridized carbons (Fsp3) is 0.130. The summed E-state index contributed by atoms with van der Waals surface area (Å²) in [5, 5.41) is 5.09. The van der Waals surface area contributed by atoms with E-state index in [-0.39, 0.29) is 30.0 Å². The van der Waals surface area contributed by atoms with Crippen molar-refractivity contribution in [2.24, 2.45) is 0 Å². The summed E-state index contributed by atoms with van der Waals surface area (Å²) in [6.45, 7) is -2.96.